The van der Waals surface area contributed by atoms with E-state index in [0.29, 0.717) is 13.0 Å². The summed E-state index contributed by atoms with van der Waals surface area (Å²) in [5, 5.41) is 5.50. The van der Waals surface area contributed by atoms with Gasteiger partial charge in [0.2, 0.25) is 5.91 Å². The van der Waals surface area contributed by atoms with E-state index in [9.17, 15) is 9.59 Å². The van der Waals surface area contributed by atoms with Crippen molar-refractivity contribution in [2.24, 2.45) is 0 Å². The molecule has 0 radical (unpaired) electrons. The van der Waals surface area contributed by atoms with Gasteiger partial charge in [-0.15, -0.1) is 0 Å². The molecule has 72 valence electrons. The third-order valence-electron chi connectivity index (χ3n) is 2.51. The maximum absolute atomic E-state index is 11.4. The first kappa shape index (κ1) is 8.34. The number of nitrogens with one attached hydrogen (secondary N) is 2. The molecule has 13 heavy (non-hydrogen) atoms. The van der Waals surface area contributed by atoms with Gasteiger partial charge in [0, 0.05) is 26.1 Å². The Morgan fingerprint density at radius 1 is 1.31 bits per heavy atom. The Hall–Kier alpha value is -1.26. The zero-order valence-electron chi connectivity index (χ0n) is 7.38. The van der Waals surface area contributed by atoms with E-state index >= 15 is 0 Å². The van der Waals surface area contributed by atoms with Gasteiger partial charge in [0.25, 0.3) is 0 Å². The predicted octanol–water partition coefficient (Wildman–Crippen LogP) is -0.710. The minimum Gasteiger partial charge on any atom is -0.354 e. The van der Waals surface area contributed by atoms with Gasteiger partial charge in [-0.25, -0.2) is 4.79 Å². The van der Waals surface area contributed by atoms with Crippen LogP contribution in [-0.2, 0) is 4.79 Å². The number of carbonyl (C=O) groups excluding carboxylic acids is 2. The number of hydrogen-bond acceptors (Lipinski definition) is 2. The van der Waals surface area contributed by atoms with E-state index in [1.165, 1.54) is 0 Å². The number of nitrogens with zero attached hydrogens (tertiary/aromatic N) is 1. The molecule has 2 saturated heterocycles. The van der Waals surface area contributed by atoms with Crippen LogP contribution in [0, 0.1) is 0 Å². The Balaban J connectivity index is 1.98. The second kappa shape index (κ2) is 3.24. The van der Waals surface area contributed by atoms with E-state index in [-0.39, 0.29) is 18.0 Å². The molecule has 0 aromatic rings. The molecule has 0 bridgehead atoms. The van der Waals surface area contributed by atoms with Gasteiger partial charge in [-0.1, -0.05) is 0 Å². The molecule has 5 heteroatoms. The van der Waals surface area contributed by atoms with Crippen molar-refractivity contribution < 1.29 is 9.59 Å². The molecule has 1 unspecified atom stereocenters. The van der Waals surface area contributed by atoms with E-state index in [1.54, 1.807) is 4.90 Å². The summed E-state index contributed by atoms with van der Waals surface area (Å²) in [4.78, 5) is 24.0. The Morgan fingerprint density at radius 2 is 2.15 bits per heavy atom. The average Bonchev–Trinajstić information content (AvgIpc) is 2.53. The molecule has 0 aromatic carbocycles. The molecular formula is C8H13N3O2. The highest BCUT2D eigenvalue weighted by Gasteiger charge is 2.31. The molecule has 3 amide bonds. The molecule has 2 N–H and O–H groups in total. The van der Waals surface area contributed by atoms with Gasteiger partial charge >= 0.3 is 6.03 Å². The van der Waals surface area contributed by atoms with Gasteiger partial charge in [0.05, 0.1) is 6.04 Å². The average molecular weight is 183 g/mol. The van der Waals surface area contributed by atoms with Gasteiger partial charge < -0.3 is 15.5 Å². The summed E-state index contributed by atoms with van der Waals surface area (Å²) < 4.78 is 0. The van der Waals surface area contributed by atoms with Gasteiger partial charge in [-0.3, -0.25) is 4.79 Å². The number of hydrogen-bond donors (Lipinski definition) is 2. The summed E-state index contributed by atoms with van der Waals surface area (Å²) in [6.07, 6.45) is 1.42. The van der Waals surface area contributed by atoms with Crippen LogP contribution in [0.1, 0.15) is 12.8 Å². The lowest BCUT2D eigenvalue weighted by Gasteiger charge is -2.31. The SMILES string of the molecule is O=C1CC(N2CCCNC2=O)CN1. The molecule has 0 saturated carbocycles. The van der Waals surface area contributed by atoms with Gasteiger partial charge in [-0.05, 0) is 6.42 Å². The molecule has 2 rings (SSSR count). The lowest BCUT2D eigenvalue weighted by molar-refractivity contribution is -0.119. The molecule has 2 heterocycles. The largest absolute Gasteiger partial charge is 0.354 e. The summed E-state index contributed by atoms with van der Waals surface area (Å²) >= 11 is 0. The van der Waals surface area contributed by atoms with E-state index in [2.05, 4.69) is 10.6 Å². The van der Waals surface area contributed by atoms with Crippen LogP contribution >= 0.6 is 0 Å². The van der Waals surface area contributed by atoms with E-state index in [4.69, 9.17) is 0 Å². The van der Waals surface area contributed by atoms with Crippen molar-refractivity contribution in [3.8, 4) is 0 Å². The van der Waals surface area contributed by atoms with Crippen LogP contribution in [-0.4, -0.2) is 42.5 Å². The Morgan fingerprint density at radius 3 is 2.77 bits per heavy atom. The first-order valence-electron chi connectivity index (χ1n) is 4.58. The number of urea groups is 1. The Bertz CT molecular complexity index is 242. The topological polar surface area (TPSA) is 61.4 Å². The van der Waals surface area contributed by atoms with Gasteiger partial charge in [-0.2, -0.15) is 0 Å². The van der Waals surface area contributed by atoms with Crippen molar-refractivity contribution in [2.75, 3.05) is 19.6 Å². The zero-order valence-corrected chi connectivity index (χ0v) is 7.38. The number of rotatable bonds is 1. The summed E-state index contributed by atoms with van der Waals surface area (Å²) in [5.74, 6) is 0.0448. The summed E-state index contributed by atoms with van der Waals surface area (Å²) in [6, 6.07) is 0.0283. The van der Waals surface area contributed by atoms with Crippen LogP contribution in [0.2, 0.25) is 0 Å². The van der Waals surface area contributed by atoms with Crippen LogP contribution in [0.4, 0.5) is 4.79 Å². The Kier molecular flexibility index (Phi) is 2.08. The molecule has 2 aliphatic rings. The lowest BCUT2D eigenvalue weighted by atomic mass is 10.2. The van der Waals surface area contributed by atoms with Crippen molar-refractivity contribution in [3.63, 3.8) is 0 Å². The van der Waals surface area contributed by atoms with Crippen LogP contribution in [0.15, 0.2) is 0 Å². The minimum atomic E-state index is -0.0345. The van der Waals surface area contributed by atoms with E-state index in [1.807, 2.05) is 0 Å². The third kappa shape index (κ3) is 1.59. The monoisotopic (exact) mass is 183 g/mol. The maximum Gasteiger partial charge on any atom is 0.317 e. The molecule has 0 aromatic heterocycles. The molecule has 5 nitrogen and oxygen atoms in total. The number of carbonyl (C=O) groups is 2. The zero-order chi connectivity index (χ0) is 9.26. The van der Waals surface area contributed by atoms with Crippen molar-refractivity contribution in [3.05, 3.63) is 0 Å². The van der Waals surface area contributed by atoms with Crippen LogP contribution in [0.25, 0.3) is 0 Å². The maximum atomic E-state index is 11.4. The first-order chi connectivity index (χ1) is 6.27. The summed E-state index contributed by atoms with van der Waals surface area (Å²) in [5.41, 5.74) is 0. The van der Waals surface area contributed by atoms with Crippen molar-refractivity contribution in [1.82, 2.24) is 15.5 Å². The van der Waals surface area contributed by atoms with Gasteiger partial charge in [0.1, 0.15) is 0 Å². The van der Waals surface area contributed by atoms with Crippen LogP contribution in [0.5, 0.6) is 0 Å². The molecule has 0 spiro atoms. The summed E-state index contributed by atoms with van der Waals surface area (Å²) in [7, 11) is 0. The molecule has 1 atom stereocenters. The smallest absolute Gasteiger partial charge is 0.317 e. The van der Waals surface area contributed by atoms with Gasteiger partial charge in [0.15, 0.2) is 0 Å². The van der Waals surface area contributed by atoms with Crippen LogP contribution in [0.3, 0.4) is 0 Å². The molecule has 2 fully saturated rings. The third-order valence-corrected chi connectivity index (χ3v) is 2.51. The second-order valence-corrected chi connectivity index (χ2v) is 3.44. The Labute approximate surface area is 76.5 Å². The van der Waals surface area contributed by atoms with Crippen molar-refractivity contribution in [1.29, 1.82) is 0 Å². The molecule has 0 aliphatic carbocycles. The second-order valence-electron chi connectivity index (χ2n) is 3.44. The predicted molar refractivity (Wildman–Crippen MR) is 46.1 cm³/mol. The fourth-order valence-electron chi connectivity index (χ4n) is 1.81. The highest BCUT2D eigenvalue weighted by atomic mass is 16.2. The fourth-order valence-corrected chi connectivity index (χ4v) is 1.81. The van der Waals surface area contributed by atoms with Crippen LogP contribution < -0.4 is 10.6 Å². The fraction of sp³-hybridized carbons (Fsp3) is 0.750. The number of amides is 3. The van der Waals surface area contributed by atoms with Crippen molar-refractivity contribution >= 4 is 11.9 Å². The van der Waals surface area contributed by atoms with E-state index < -0.39 is 0 Å². The highest BCUT2D eigenvalue weighted by molar-refractivity contribution is 5.81. The first-order valence-corrected chi connectivity index (χ1v) is 4.58. The quantitative estimate of drug-likeness (QED) is 0.564. The standard InChI is InChI=1S/C8H13N3O2/c12-7-4-6(5-10-7)11-3-1-2-9-8(11)13/h6H,1-5H2,(H,9,13)(H,10,12). The van der Waals surface area contributed by atoms with E-state index in [0.717, 1.165) is 19.5 Å². The summed E-state index contributed by atoms with van der Waals surface area (Å²) in [6.45, 7) is 2.13. The molecular weight excluding hydrogens is 170 g/mol. The van der Waals surface area contributed by atoms with Crippen molar-refractivity contribution in [2.45, 2.75) is 18.9 Å². The lowest BCUT2D eigenvalue weighted by Crippen LogP contribution is -2.51. The highest BCUT2D eigenvalue weighted by Crippen LogP contribution is 2.12. The molecule has 2 aliphatic heterocycles. The minimum absolute atomic E-state index is 0.0345. The normalized spacial score (nSPS) is 28.6.